The molecule has 2 aliphatic heterocycles. The van der Waals surface area contributed by atoms with Gasteiger partial charge in [0.05, 0.1) is 6.10 Å². The molecule has 2 aliphatic rings. The van der Waals surface area contributed by atoms with Gasteiger partial charge in [-0.3, -0.25) is 0 Å². The van der Waals surface area contributed by atoms with Gasteiger partial charge in [-0.2, -0.15) is 4.89 Å². The van der Waals surface area contributed by atoms with E-state index in [2.05, 4.69) is 0 Å². The first-order valence-electron chi connectivity index (χ1n) is 9.48. The molecular weight excluding hydrogens is 372 g/mol. The molecule has 2 heterocycles. The number of esters is 1. The van der Waals surface area contributed by atoms with E-state index in [9.17, 15) is 9.90 Å². The molecule has 0 amide bonds. The van der Waals surface area contributed by atoms with E-state index in [0.29, 0.717) is 23.3 Å². The molecule has 0 aliphatic carbocycles. The van der Waals surface area contributed by atoms with Crippen molar-refractivity contribution in [2.45, 2.75) is 32.2 Å². The molecule has 1 atom stereocenters. The zero-order chi connectivity index (χ0) is 20.4. The molecule has 2 aromatic rings. The van der Waals surface area contributed by atoms with E-state index in [1.807, 2.05) is 44.2 Å². The Hall–Kier alpha value is -3.09. The number of cyclic esters (lactones) is 1. The Balaban J connectivity index is 1.77. The molecule has 29 heavy (non-hydrogen) atoms. The summed E-state index contributed by atoms with van der Waals surface area (Å²) < 4.78 is 11.2. The Morgan fingerprint density at radius 2 is 1.83 bits per heavy atom. The summed E-state index contributed by atoms with van der Waals surface area (Å²) in [5.74, 6) is -1.64. The number of benzene rings is 2. The molecule has 2 aromatic carbocycles. The summed E-state index contributed by atoms with van der Waals surface area (Å²) in [5.41, 5.74) is 1.96. The summed E-state index contributed by atoms with van der Waals surface area (Å²) >= 11 is 0. The van der Waals surface area contributed by atoms with Crippen LogP contribution in [0.3, 0.4) is 0 Å². The van der Waals surface area contributed by atoms with Crippen molar-refractivity contribution in [1.82, 2.24) is 0 Å². The quantitative estimate of drug-likeness (QED) is 0.597. The predicted molar refractivity (Wildman–Crippen MR) is 104 cm³/mol. The Morgan fingerprint density at radius 3 is 2.45 bits per heavy atom. The number of carbonyl (C=O) groups is 1. The maximum atomic E-state index is 12.7. The number of carbonyl (C=O) groups excluding carboxylic acids is 1. The van der Waals surface area contributed by atoms with E-state index >= 15 is 0 Å². The van der Waals surface area contributed by atoms with E-state index in [-0.39, 0.29) is 24.0 Å². The van der Waals surface area contributed by atoms with Crippen LogP contribution in [0.1, 0.15) is 25.0 Å². The van der Waals surface area contributed by atoms with E-state index in [1.54, 1.807) is 30.3 Å². The van der Waals surface area contributed by atoms with E-state index in [1.165, 1.54) is 0 Å². The monoisotopic (exact) mass is 394 g/mol. The fraction of sp³-hybridized carbons (Fsp3) is 0.261. The van der Waals surface area contributed by atoms with E-state index in [4.69, 9.17) is 19.2 Å². The van der Waals surface area contributed by atoms with Crippen molar-refractivity contribution in [2.75, 3.05) is 6.61 Å². The van der Waals surface area contributed by atoms with Crippen molar-refractivity contribution in [3.05, 3.63) is 88.7 Å². The van der Waals surface area contributed by atoms with Gasteiger partial charge in [0.15, 0.2) is 5.76 Å². The van der Waals surface area contributed by atoms with Crippen molar-refractivity contribution < 1.29 is 29.1 Å². The highest BCUT2D eigenvalue weighted by Crippen LogP contribution is 2.44. The zero-order valence-electron chi connectivity index (χ0n) is 16.3. The van der Waals surface area contributed by atoms with E-state index < -0.39 is 11.8 Å². The van der Waals surface area contributed by atoms with Gasteiger partial charge in [0, 0.05) is 17.6 Å². The molecule has 150 valence electrons. The summed E-state index contributed by atoms with van der Waals surface area (Å²) in [6, 6.07) is 16.4. The summed E-state index contributed by atoms with van der Waals surface area (Å²) in [5, 5.41) is 11.5. The number of hydrogen-bond acceptors (Lipinski definition) is 6. The lowest BCUT2D eigenvalue weighted by Crippen LogP contribution is -2.29. The third kappa shape index (κ3) is 3.77. The smallest absolute Gasteiger partial charge is 0.345 e. The van der Waals surface area contributed by atoms with Gasteiger partial charge in [-0.1, -0.05) is 30.3 Å². The summed E-state index contributed by atoms with van der Waals surface area (Å²) in [4.78, 5) is 22.8. The summed E-state index contributed by atoms with van der Waals surface area (Å²) in [6.45, 7) is 4.10. The first-order chi connectivity index (χ1) is 14.0. The van der Waals surface area contributed by atoms with Gasteiger partial charge in [-0.15, -0.1) is 0 Å². The average molecular weight is 394 g/mol. The molecule has 0 fully saturated rings. The van der Waals surface area contributed by atoms with Crippen LogP contribution >= 0.6 is 0 Å². The minimum Gasteiger partial charge on any atom is -0.491 e. The van der Waals surface area contributed by atoms with Gasteiger partial charge >= 0.3 is 5.97 Å². The van der Waals surface area contributed by atoms with Crippen LogP contribution in [0, 0.1) is 0 Å². The standard InChI is InChI=1S/C23H22O6/c1-15(2)27-18-10-8-17(9-11-18)23(25)19(14-16-6-4-3-5-7-16)21(22(24)28-23)20-12-13-26-29-20/h3-12,15,25H,13-14H2,1-2H3. The molecular formula is C23H22O6. The summed E-state index contributed by atoms with van der Waals surface area (Å²) in [6.07, 6.45) is 1.98. The first kappa shape index (κ1) is 19.2. The van der Waals surface area contributed by atoms with Crippen LogP contribution in [0.15, 0.2) is 77.6 Å². The molecule has 0 bridgehead atoms. The van der Waals surface area contributed by atoms with Gasteiger partial charge in [0.1, 0.15) is 17.9 Å². The van der Waals surface area contributed by atoms with Crippen molar-refractivity contribution >= 4 is 5.97 Å². The number of hydrogen-bond donors (Lipinski definition) is 1. The number of aliphatic hydroxyl groups is 1. The first-order valence-corrected chi connectivity index (χ1v) is 9.48. The molecule has 0 aromatic heterocycles. The van der Waals surface area contributed by atoms with Crippen LogP contribution in [0.2, 0.25) is 0 Å². The van der Waals surface area contributed by atoms with Crippen LogP contribution in [-0.2, 0) is 31.5 Å². The second-order valence-electron chi connectivity index (χ2n) is 7.18. The van der Waals surface area contributed by atoms with Gasteiger partial charge in [0.2, 0.25) is 0 Å². The maximum absolute atomic E-state index is 12.7. The highest BCUT2D eigenvalue weighted by Gasteiger charge is 2.49. The highest BCUT2D eigenvalue weighted by atomic mass is 17.2. The minimum atomic E-state index is -1.91. The number of ether oxygens (including phenoxy) is 2. The lowest BCUT2D eigenvalue weighted by Gasteiger charge is -2.26. The Kier molecular flexibility index (Phi) is 5.13. The molecule has 4 rings (SSSR count). The summed E-state index contributed by atoms with van der Waals surface area (Å²) in [7, 11) is 0. The van der Waals surface area contributed by atoms with Crippen LogP contribution in [-0.4, -0.2) is 23.8 Å². The fourth-order valence-corrected chi connectivity index (χ4v) is 3.45. The van der Waals surface area contributed by atoms with Gasteiger partial charge in [-0.25, -0.2) is 4.79 Å². The SMILES string of the molecule is CC(C)Oc1ccc(C2(O)OC(=O)C(C3=CCOO3)=C2Cc2ccccc2)cc1. The van der Waals surface area contributed by atoms with Crippen LogP contribution in [0.25, 0.3) is 0 Å². The second-order valence-corrected chi connectivity index (χ2v) is 7.18. The lowest BCUT2D eigenvalue weighted by atomic mass is 9.89. The molecule has 6 heteroatoms. The molecule has 0 radical (unpaired) electrons. The van der Waals surface area contributed by atoms with Gasteiger partial charge < -0.3 is 19.5 Å². The second kappa shape index (κ2) is 7.73. The Bertz CT molecular complexity index is 959. The number of rotatable bonds is 6. The Morgan fingerprint density at radius 1 is 1.10 bits per heavy atom. The zero-order valence-corrected chi connectivity index (χ0v) is 16.3. The van der Waals surface area contributed by atoms with Crippen molar-refractivity contribution in [3.63, 3.8) is 0 Å². The van der Waals surface area contributed by atoms with Crippen molar-refractivity contribution in [1.29, 1.82) is 0 Å². The van der Waals surface area contributed by atoms with Gasteiger partial charge in [-0.05, 0) is 49.8 Å². The fourth-order valence-electron chi connectivity index (χ4n) is 3.45. The third-order valence-corrected chi connectivity index (χ3v) is 4.73. The molecule has 0 saturated heterocycles. The average Bonchev–Trinajstić information content (AvgIpc) is 3.30. The molecule has 1 unspecified atom stereocenters. The third-order valence-electron chi connectivity index (χ3n) is 4.73. The van der Waals surface area contributed by atoms with Crippen molar-refractivity contribution in [3.8, 4) is 5.75 Å². The predicted octanol–water partition coefficient (Wildman–Crippen LogP) is 3.56. The van der Waals surface area contributed by atoms with Crippen LogP contribution in [0.4, 0.5) is 0 Å². The van der Waals surface area contributed by atoms with E-state index in [0.717, 1.165) is 5.56 Å². The van der Waals surface area contributed by atoms with Crippen LogP contribution in [0.5, 0.6) is 5.75 Å². The lowest BCUT2D eigenvalue weighted by molar-refractivity contribution is -0.231. The highest BCUT2D eigenvalue weighted by molar-refractivity contribution is 5.97. The topological polar surface area (TPSA) is 74.2 Å². The molecule has 6 nitrogen and oxygen atoms in total. The molecule has 1 N–H and O–H groups in total. The maximum Gasteiger partial charge on any atom is 0.345 e. The minimum absolute atomic E-state index is 0.0276. The normalized spacial score (nSPS) is 21.2. The van der Waals surface area contributed by atoms with Gasteiger partial charge in [0.25, 0.3) is 5.79 Å². The van der Waals surface area contributed by atoms with Crippen LogP contribution < -0.4 is 4.74 Å². The molecule has 0 saturated carbocycles. The van der Waals surface area contributed by atoms with Crippen molar-refractivity contribution in [2.24, 2.45) is 0 Å². The largest absolute Gasteiger partial charge is 0.491 e. The Labute approximate surface area is 168 Å². The molecule has 0 spiro atoms.